The molecule has 0 saturated heterocycles. The van der Waals surface area contributed by atoms with Gasteiger partial charge >= 0.3 is 5.69 Å². The zero-order valence-electron chi connectivity index (χ0n) is 11.8. The van der Waals surface area contributed by atoms with Gasteiger partial charge < -0.3 is 9.88 Å². The third-order valence-corrected chi connectivity index (χ3v) is 3.16. The zero-order valence-corrected chi connectivity index (χ0v) is 12.5. The van der Waals surface area contributed by atoms with E-state index in [9.17, 15) is 14.4 Å². The van der Waals surface area contributed by atoms with Gasteiger partial charge in [0, 0.05) is 44.5 Å². The fourth-order valence-electron chi connectivity index (χ4n) is 1.86. The summed E-state index contributed by atoms with van der Waals surface area (Å²) in [7, 11) is 0. The second-order valence-corrected chi connectivity index (χ2v) is 5.12. The maximum atomic E-state index is 11.7. The predicted molar refractivity (Wildman–Crippen MR) is 80.8 cm³/mol. The Morgan fingerprint density at radius 3 is 2.86 bits per heavy atom. The first-order valence-electron chi connectivity index (χ1n) is 6.79. The monoisotopic (exact) mass is 325 g/mol. The number of rotatable bonds is 7. The highest BCUT2D eigenvalue weighted by Gasteiger charge is 2.03. The van der Waals surface area contributed by atoms with Crippen LogP contribution in [-0.2, 0) is 17.9 Å². The van der Waals surface area contributed by atoms with Crippen LogP contribution in [0.15, 0.2) is 34.2 Å². The van der Waals surface area contributed by atoms with Crippen molar-refractivity contribution >= 4 is 17.5 Å². The van der Waals surface area contributed by atoms with Crippen molar-refractivity contribution in [2.24, 2.45) is 0 Å². The van der Waals surface area contributed by atoms with E-state index in [4.69, 9.17) is 11.6 Å². The molecular weight excluding hydrogens is 310 g/mol. The minimum Gasteiger partial charge on any atom is -0.356 e. The smallest absolute Gasteiger partial charge is 0.328 e. The van der Waals surface area contributed by atoms with E-state index in [1.165, 1.54) is 16.8 Å². The average Bonchev–Trinajstić information content (AvgIpc) is 2.88. The number of aryl methyl sites for hydroxylation is 2. The molecule has 0 bridgehead atoms. The van der Waals surface area contributed by atoms with Crippen LogP contribution in [0.1, 0.15) is 12.8 Å². The zero-order chi connectivity index (χ0) is 15.9. The van der Waals surface area contributed by atoms with Gasteiger partial charge in [0.2, 0.25) is 5.91 Å². The van der Waals surface area contributed by atoms with Crippen LogP contribution in [-0.4, -0.2) is 31.8 Å². The summed E-state index contributed by atoms with van der Waals surface area (Å²) in [6, 6.07) is 1.24. The molecule has 0 unspecified atom stereocenters. The van der Waals surface area contributed by atoms with Gasteiger partial charge in [0.05, 0.1) is 11.2 Å². The van der Waals surface area contributed by atoms with Crippen molar-refractivity contribution in [2.45, 2.75) is 25.9 Å². The summed E-state index contributed by atoms with van der Waals surface area (Å²) in [4.78, 5) is 36.1. The molecule has 0 aromatic carbocycles. The largest absolute Gasteiger partial charge is 0.356 e. The molecule has 118 valence electrons. The Bertz CT molecular complexity index is 748. The molecule has 0 saturated carbocycles. The lowest BCUT2D eigenvalue weighted by molar-refractivity contribution is -0.121. The highest BCUT2D eigenvalue weighted by atomic mass is 35.5. The van der Waals surface area contributed by atoms with Gasteiger partial charge in [-0.2, -0.15) is 5.10 Å². The fourth-order valence-corrected chi connectivity index (χ4v) is 2.02. The van der Waals surface area contributed by atoms with E-state index in [0.717, 1.165) is 6.42 Å². The molecular formula is C13H16ClN5O3. The van der Waals surface area contributed by atoms with Gasteiger partial charge in [-0.25, -0.2) is 4.79 Å². The number of halogens is 1. The Morgan fingerprint density at radius 2 is 2.18 bits per heavy atom. The second-order valence-electron chi connectivity index (χ2n) is 4.68. The van der Waals surface area contributed by atoms with E-state index < -0.39 is 11.2 Å². The minimum atomic E-state index is -0.518. The average molecular weight is 326 g/mol. The maximum Gasteiger partial charge on any atom is 0.328 e. The summed E-state index contributed by atoms with van der Waals surface area (Å²) < 4.78 is 2.99. The third kappa shape index (κ3) is 4.88. The lowest BCUT2D eigenvalue weighted by Crippen LogP contribution is -2.31. The number of H-pyrrole nitrogens is 1. The predicted octanol–water partition coefficient (Wildman–Crippen LogP) is -0.0169. The second kappa shape index (κ2) is 7.60. The molecule has 2 heterocycles. The lowest BCUT2D eigenvalue weighted by Gasteiger charge is -2.06. The number of aromatic nitrogens is 4. The number of aromatic amines is 1. The van der Waals surface area contributed by atoms with Crippen LogP contribution in [0.3, 0.4) is 0 Å². The van der Waals surface area contributed by atoms with E-state index in [-0.39, 0.29) is 18.9 Å². The Labute approximate surface area is 130 Å². The van der Waals surface area contributed by atoms with Crippen LogP contribution in [0, 0.1) is 0 Å². The van der Waals surface area contributed by atoms with E-state index in [1.807, 2.05) is 0 Å². The Hall–Kier alpha value is -2.35. The molecule has 1 amide bonds. The van der Waals surface area contributed by atoms with Crippen LogP contribution in [0.25, 0.3) is 0 Å². The van der Waals surface area contributed by atoms with Crippen molar-refractivity contribution in [1.29, 1.82) is 0 Å². The summed E-state index contributed by atoms with van der Waals surface area (Å²) in [5, 5.41) is 7.37. The highest BCUT2D eigenvalue weighted by Crippen LogP contribution is 2.04. The van der Waals surface area contributed by atoms with E-state index in [1.54, 1.807) is 17.1 Å². The number of hydrogen-bond donors (Lipinski definition) is 2. The van der Waals surface area contributed by atoms with Crippen molar-refractivity contribution < 1.29 is 4.79 Å². The third-order valence-electron chi connectivity index (χ3n) is 2.96. The van der Waals surface area contributed by atoms with Gasteiger partial charge in [-0.15, -0.1) is 0 Å². The van der Waals surface area contributed by atoms with Crippen molar-refractivity contribution in [2.75, 3.05) is 6.54 Å². The number of carbonyl (C=O) groups excluding carboxylic acids is 1. The molecule has 2 aromatic rings. The summed E-state index contributed by atoms with van der Waals surface area (Å²) in [5.74, 6) is -0.156. The highest BCUT2D eigenvalue weighted by molar-refractivity contribution is 6.30. The molecule has 0 aliphatic heterocycles. The van der Waals surface area contributed by atoms with Crippen LogP contribution in [0.2, 0.25) is 5.02 Å². The van der Waals surface area contributed by atoms with Crippen molar-refractivity contribution in [3.8, 4) is 0 Å². The summed E-state index contributed by atoms with van der Waals surface area (Å²) in [6.45, 7) is 1.39. The van der Waals surface area contributed by atoms with Gasteiger partial charge in [-0.05, 0) is 6.42 Å². The standard InChI is InChI=1S/C13H16ClN5O3/c14-10-8-16-19(9-10)5-1-4-15-11(20)2-6-18-7-3-12(21)17-13(18)22/h3,7-9H,1-2,4-6H2,(H,15,20)(H,17,21,22). The summed E-state index contributed by atoms with van der Waals surface area (Å²) >= 11 is 5.74. The van der Waals surface area contributed by atoms with Crippen LogP contribution >= 0.6 is 11.6 Å². The Kier molecular flexibility index (Phi) is 5.54. The van der Waals surface area contributed by atoms with Crippen molar-refractivity contribution in [3.63, 3.8) is 0 Å². The van der Waals surface area contributed by atoms with Crippen LogP contribution in [0.5, 0.6) is 0 Å². The molecule has 0 atom stereocenters. The molecule has 2 N–H and O–H groups in total. The van der Waals surface area contributed by atoms with E-state index in [0.29, 0.717) is 18.1 Å². The number of nitrogens with one attached hydrogen (secondary N) is 2. The lowest BCUT2D eigenvalue weighted by atomic mass is 10.3. The molecule has 0 radical (unpaired) electrons. The SMILES string of the molecule is O=C(CCn1ccc(=O)[nH]c1=O)NCCCn1cc(Cl)cn1. The fraction of sp³-hybridized carbons (Fsp3) is 0.385. The van der Waals surface area contributed by atoms with Crippen molar-refractivity contribution in [3.05, 3.63) is 50.5 Å². The summed E-state index contributed by atoms with van der Waals surface area (Å²) in [6.07, 6.45) is 5.53. The first kappa shape index (κ1) is 16.0. The number of nitrogens with zero attached hydrogens (tertiary/aromatic N) is 3. The van der Waals surface area contributed by atoms with Crippen LogP contribution < -0.4 is 16.6 Å². The molecule has 0 fully saturated rings. The first-order valence-corrected chi connectivity index (χ1v) is 7.17. The number of amides is 1. The molecule has 0 aliphatic rings. The molecule has 0 aliphatic carbocycles. The van der Waals surface area contributed by atoms with Crippen LogP contribution in [0.4, 0.5) is 0 Å². The van der Waals surface area contributed by atoms with Gasteiger partial charge in [0.25, 0.3) is 5.56 Å². The number of hydrogen-bond acceptors (Lipinski definition) is 4. The quantitative estimate of drug-likeness (QED) is 0.699. The van der Waals surface area contributed by atoms with Gasteiger partial charge in [-0.1, -0.05) is 11.6 Å². The molecule has 0 spiro atoms. The molecule has 2 rings (SSSR count). The Balaban J connectivity index is 1.67. The normalized spacial score (nSPS) is 10.6. The van der Waals surface area contributed by atoms with Gasteiger partial charge in [-0.3, -0.25) is 19.3 Å². The molecule has 9 heteroatoms. The molecule has 8 nitrogen and oxygen atoms in total. The Morgan fingerprint density at radius 1 is 1.36 bits per heavy atom. The summed E-state index contributed by atoms with van der Waals surface area (Å²) in [5.41, 5.74) is -0.972. The minimum absolute atomic E-state index is 0.156. The first-order chi connectivity index (χ1) is 10.5. The molecule has 2 aromatic heterocycles. The van der Waals surface area contributed by atoms with Crippen molar-refractivity contribution in [1.82, 2.24) is 24.6 Å². The van der Waals surface area contributed by atoms with Gasteiger partial charge in [0.15, 0.2) is 0 Å². The number of carbonyl (C=O) groups is 1. The van der Waals surface area contributed by atoms with E-state index in [2.05, 4.69) is 15.4 Å². The van der Waals surface area contributed by atoms with E-state index >= 15 is 0 Å². The topological polar surface area (TPSA) is 102 Å². The van der Waals surface area contributed by atoms with Gasteiger partial charge in [0.1, 0.15) is 0 Å². The molecule has 22 heavy (non-hydrogen) atoms. The maximum absolute atomic E-state index is 11.7.